The summed E-state index contributed by atoms with van der Waals surface area (Å²) in [4.78, 5) is 53.3. The Bertz CT molecular complexity index is 3230. The van der Waals surface area contributed by atoms with Crippen LogP contribution in [0.3, 0.4) is 0 Å². The first-order valence-corrected chi connectivity index (χ1v) is 39.0. The van der Waals surface area contributed by atoms with Crippen molar-refractivity contribution in [2.45, 2.75) is 212 Å². The second-order valence-corrected chi connectivity index (χ2v) is 31.6. The van der Waals surface area contributed by atoms with E-state index in [1.54, 1.807) is 36.4 Å². The number of benzene rings is 6. The molecule has 0 bridgehead atoms. The van der Waals surface area contributed by atoms with E-state index >= 15 is 0 Å². The summed E-state index contributed by atoms with van der Waals surface area (Å²) in [5, 5.41) is 0. The second kappa shape index (κ2) is 37.2. The Morgan fingerprint density at radius 3 is 0.714 bits per heavy atom. The van der Waals surface area contributed by atoms with Gasteiger partial charge in [-0.1, -0.05) is 227 Å². The quantitative estimate of drug-likeness (QED) is 0.0799. The van der Waals surface area contributed by atoms with Crippen LogP contribution in [-0.2, 0) is 32.9 Å². The number of hydrogen-bond acceptors (Lipinski definition) is 6. The van der Waals surface area contributed by atoms with E-state index in [1.807, 2.05) is 91.0 Å². The molecule has 3 amide bonds. The first-order valence-electron chi connectivity index (χ1n) is 39.0. The lowest BCUT2D eigenvalue weighted by molar-refractivity contribution is -0.140. The average molecular weight is 1460 g/mol. The fraction of sp³-hybridized carbons (Fsp3) is 0.552. The van der Waals surface area contributed by atoms with Crippen LogP contribution in [0.5, 0.6) is 0 Å². The summed E-state index contributed by atoms with van der Waals surface area (Å²) in [6.45, 7) is 19.1. The van der Waals surface area contributed by atoms with E-state index in [2.05, 4.69) is 70.9 Å². The molecule has 6 aromatic rings. The van der Waals surface area contributed by atoms with Crippen LogP contribution < -0.4 is 0 Å². The number of halogens is 9. The van der Waals surface area contributed by atoms with Crippen molar-refractivity contribution in [2.75, 3.05) is 58.9 Å². The van der Waals surface area contributed by atoms with Gasteiger partial charge in [-0.3, -0.25) is 29.1 Å². The van der Waals surface area contributed by atoms with Crippen LogP contribution >= 0.6 is 0 Å². The van der Waals surface area contributed by atoms with Gasteiger partial charge in [0.15, 0.2) is 0 Å². The van der Waals surface area contributed by atoms with Crippen molar-refractivity contribution in [3.05, 3.63) is 214 Å². The molecule has 0 radical (unpaired) electrons. The normalized spacial score (nSPS) is 21.3. The summed E-state index contributed by atoms with van der Waals surface area (Å²) in [5.41, 5.74) is 3.78. The molecule has 3 saturated carbocycles. The molecule has 570 valence electrons. The summed E-state index contributed by atoms with van der Waals surface area (Å²) in [5.74, 6) is 3.18. The minimum Gasteiger partial charge on any atom is -0.337 e. The minimum atomic E-state index is -4.35. The van der Waals surface area contributed by atoms with Gasteiger partial charge in [0, 0.05) is 96.3 Å². The minimum absolute atomic E-state index is 0.0838. The van der Waals surface area contributed by atoms with Crippen molar-refractivity contribution in [3.63, 3.8) is 0 Å². The van der Waals surface area contributed by atoms with Gasteiger partial charge in [0.1, 0.15) is 0 Å². The Labute approximate surface area is 618 Å². The second-order valence-electron chi connectivity index (χ2n) is 31.6. The van der Waals surface area contributed by atoms with Crippen molar-refractivity contribution in [1.29, 1.82) is 0 Å². The lowest BCUT2D eigenvalue weighted by atomic mass is 9.86. The third-order valence-corrected chi connectivity index (χ3v) is 23.3. The molecule has 18 heteroatoms. The summed E-state index contributed by atoms with van der Waals surface area (Å²) in [6.07, 6.45) is 7.00. The molecule has 9 nitrogen and oxygen atoms in total. The van der Waals surface area contributed by atoms with E-state index in [9.17, 15) is 53.9 Å². The first kappa shape index (κ1) is 80.5. The highest BCUT2D eigenvalue weighted by molar-refractivity contribution is 5.78. The maximum atomic E-state index is 13.3. The van der Waals surface area contributed by atoms with E-state index in [4.69, 9.17) is 0 Å². The fourth-order valence-corrected chi connectivity index (χ4v) is 17.4. The Kier molecular flexibility index (Phi) is 28.5. The molecule has 3 aliphatic carbocycles. The molecule has 12 rings (SSSR count). The molecule has 3 saturated heterocycles. The summed E-state index contributed by atoms with van der Waals surface area (Å²) in [6, 6.07) is 46.3. The van der Waals surface area contributed by atoms with Crippen molar-refractivity contribution >= 4 is 17.7 Å². The van der Waals surface area contributed by atoms with Crippen LogP contribution in [-0.4, -0.2) is 124 Å². The van der Waals surface area contributed by atoms with Crippen LogP contribution in [0.15, 0.2) is 164 Å². The van der Waals surface area contributed by atoms with Gasteiger partial charge in [-0.05, 0) is 144 Å². The van der Waals surface area contributed by atoms with Crippen LogP contribution in [0.1, 0.15) is 225 Å². The zero-order valence-electron chi connectivity index (χ0n) is 62.4. The molecule has 6 fully saturated rings. The van der Waals surface area contributed by atoms with Crippen LogP contribution in [0.25, 0.3) is 0 Å². The summed E-state index contributed by atoms with van der Waals surface area (Å²) < 4.78 is 119. The molecular weight excluding hydrogens is 1350 g/mol. The maximum Gasteiger partial charge on any atom is 0.416 e. The highest BCUT2D eigenvalue weighted by Gasteiger charge is 2.42. The van der Waals surface area contributed by atoms with Gasteiger partial charge < -0.3 is 14.7 Å². The monoisotopic (exact) mass is 1460 g/mol. The Morgan fingerprint density at radius 1 is 0.305 bits per heavy atom. The SMILES string of the molecule is CC(C)[C@H]1CN(C(c2ccccc2)c2ccc(C(F)(F)F)cc2)CCN1C(=O)CC1CCCCC1.CC(C)[C@H]1CN(C(c2ccccc2)c2ccc(C(F)(F)F)cc2)CCN1C(=O)CC1CCCCC1.CC(C)[C@H]1CN(C(c2ccccc2)c2ccc(C(F)(F)F)cc2)CCN1C(=O)CC1CCCCC1. The fourth-order valence-electron chi connectivity index (χ4n) is 17.4. The van der Waals surface area contributed by atoms with Gasteiger partial charge in [-0.25, -0.2) is 0 Å². The zero-order valence-corrected chi connectivity index (χ0v) is 62.4. The van der Waals surface area contributed by atoms with Gasteiger partial charge in [0.05, 0.1) is 34.8 Å². The van der Waals surface area contributed by atoms with Crippen LogP contribution in [0.2, 0.25) is 0 Å². The standard InChI is InChI=1S/3C29H37F3N2O/c3*1-21(2)26-20-33(17-18-34(26)27(35)19-22-9-5-3-6-10-22)28(23-11-7-4-8-12-23)24-13-15-25(16-14-24)29(30,31)32/h3*4,7-8,11-16,21-22,26,28H,3,5-6,9-10,17-20H2,1-2H3/t3*26-,28?/m111/s1. The van der Waals surface area contributed by atoms with Gasteiger partial charge in [-0.2, -0.15) is 39.5 Å². The molecule has 6 atom stereocenters. The van der Waals surface area contributed by atoms with Crippen LogP contribution in [0.4, 0.5) is 39.5 Å². The Hall–Kier alpha value is -7.02. The molecule has 105 heavy (non-hydrogen) atoms. The average Bonchev–Trinajstić information content (AvgIpc) is 0.796. The third-order valence-electron chi connectivity index (χ3n) is 23.3. The number of amides is 3. The number of carbonyl (C=O) groups excluding carboxylic acids is 3. The molecule has 0 spiro atoms. The molecule has 0 N–H and O–H groups in total. The first-order chi connectivity index (χ1) is 50.2. The Balaban J connectivity index is 0.000000169. The van der Waals surface area contributed by atoms with Crippen molar-refractivity contribution in [2.24, 2.45) is 35.5 Å². The Morgan fingerprint density at radius 2 is 0.514 bits per heavy atom. The number of hydrogen-bond donors (Lipinski definition) is 0. The topological polar surface area (TPSA) is 70.7 Å². The van der Waals surface area contributed by atoms with E-state index in [-0.39, 0.29) is 71.7 Å². The van der Waals surface area contributed by atoms with Gasteiger partial charge in [0.2, 0.25) is 17.7 Å². The van der Waals surface area contributed by atoms with Gasteiger partial charge in [0.25, 0.3) is 0 Å². The van der Waals surface area contributed by atoms with Crippen molar-refractivity contribution in [1.82, 2.24) is 29.4 Å². The highest BCUT2D eigenvalue weighted by Crippen LogP contribution is 2.41. The van der Waals surface area contributed by atoms with E-state index in [0.29, 0.717) is 95.9 Å². The van der Waals surface area contributed by atoms with E-state index < -0.39 is 35.2 Å². The number of carbonyl (C=O) groups is 3. The number of nitrogens with zero attached hydrogens (tertiary/aromatic N) is 6. The third kappa shape index (κ3) is 21.9. The molecule has 3 aliphatic heterocycles. The zero-order chi connectivity index (χ0) is 75.0. The molecular formula is C87H111F9N6O3. The predicted octanol–water partition coefficient (Wildman–Crippen LogP) is 20.8. The lowest BCUT2D eigenvalue weighted by Crippen LogP contribution is -2.58. The van der Waals surface area contributed by atoms with Gasteiger partial charge in [-0.15, -0.1) is 0 Å². The molecule has 3 heterocycles. The number of alkyl halides is 9. The highest BCUT2D eigenvalue weighted by atomic mass is 19.4. The van der Waals surface area contributed by atoms with Crippen molar-refractivity contribution in [3.8, 4) is 0 Å². The number of rotatable bonds is 18. The largest absolute Gasteiger partial charge is 0.416 e. The van der Waals surface area contributed by atoms with Gasteiger partial charge >= 0.3 is 18.5 Å². The van der Waals surface area contributed by atoms with E-state index in [1.165, 1.54) is 94.2 Å². The smallest absolute Gasteiger partial charge is 0.337 e. The molecule has 0 aromatic heterocycles. The predicted molar refractivity (Wildman–Crippen MR) is 398 cm³/mol. The molecule has 6 aliphatic rings. The van der Waals surface area contributed by atoms with Crippen molar-refractivity contribution < 1.29 is 53.9 Å². The lowest BCUT2D eigenvalue weighted by Gasteiger charge is -2.46. The maximum absolute atomic E-state index is 13.3. The molecule has 3 unspecified atom stereocenters. The summed E-state index contributed by atoms with van der Waals surface area (Å²) >= 11 is 0. The summed E-state index contributed by atoms with van der Waals surface area (Å²) in [7, 11) is 0. The molecule has 6 aromatic carbocycles. The van der Waals surface area contributed by atoms with E-state index in [0.717, 1.165) is 71.9 Å². The van der Waals surface area contributed by atoms with Crippen LogP contribution in [0, 0.1) is 35.5 Å². The number of piperazine rings is 3.